The van der Waals surface area contributed by atoms with Crippen LogP contribution in [0.1, 0.15) is 44.6 Å². The molecule has 0 amide bonds. The van der Waals surface area contributed by atoms with Crippen LogP contribution in [0.15, 0.2) is 30.3 Å². The summed E-state index contributed by atoms with van der Waals surface area (Å²) in [5, 5.41) is 0. The number of carbonyl (C=O) groups excluding carboxylic acids is 3. The number of carbonyl (C=O) groups is 3. The molecule has 1 aromatic carbocycles. The van der Waals surface area contributed by atoms with E-state index >= 15 is 0 Å². The molecule has 1 fully saturated rings. The van der Waals surface area contributed by atoms with Crippen LogP contribution in [-0.4, -0.2) is 17.5 Å². The summed E-state index contributed by atoms with van der Waals surface area (Å²) in [5.41, 5.74) is -0.210. The van der Waals surface area contributed by atoms with Crippen LogP contribution in [0.25, 0.3) is 0 Å². The molecule has 1 saturated carbocycles. The van der Waals surface area contributed by atoms with Crippen LogP contribution in [0.4, 0.5) is 0 Å². The summed E-state index contributed by atoms with van der Waals surface area (Å²) in [7, 11) is 0. The molecule has 0 spiro atoms. The third-order valence-electron chi connectivity index (χ3n) is 4.05. The maximum atomic E-state index is 12.4. The van der Waals surface area contributed by atoms with E-state index in [0.29, 0.717) is 19.3 Å². The second kappa shape index (κ2) is 6.66. The molecule has 0 aliphatic heterocycles. The minimum absolute atomic E-state index is 0.00932. The first kappa shape index (κ1) is 15.4. The summed E-state index contributed by atoms with van der Waals surface area (Å²) in [6.07, 6.45) is 2.10. The molecule has 0 radical (unpaired) electrons. The Morgan fingerprint density at radius 2 is 1.95 bits per heavy atom. The third-order valence-corrected chi connectivity index (χ3v) is 4.05. The summed E-state index contributed by atoms with van der Waals surface area (Å²) < 4.78 is 5.35. The van der Waals surface area contributed by atoms with Crippen LogP contribution in [0, 0.1) is 5.41 Å². The Bertz CT molecular complexity index is 535. The standard InChI is InChI=1S/C17H20O4/c1-13(18)9-11-17(10-5-8-15(17)19)16(20)21-12-14-6-3-2-4-7-14/h2-4,6-7H,5,8-12H2,1H3. The van der Waals surface area contributed by atoms with Crippen LogP contribution < -0.4 is 0 Å². The zero-order chi connectivity index (χ0) is 15.3. The average molecular weight is 288 g/mol. The SMILES string of the molecule is CC(=O)CCC1(C(=O)OCc2ccccc2)CCCC1=O. The topological polar surface area (TPSA) is 60.4 Å². The fraction of sp³-hybridized carbons (Fsp3) is 0.471. The highest BCUT2D eigenvalue weighted by Crippen LogP contribution is 2.40. The van der Waals surface area contributed by atoms with E-state index in [0.717, 1.165) is 5.56 Å². The van der Waals surface area contributed by atoms with E-state index in [9.17, 15) is 14.4 Å². The molecule has 4 nitrogen and oxygen atoms in total. The van der Waals surface area contributed by atoms with Crippen molar-refractivity contribution in [3.63, 3.8) is 0 Å². The van der Waals surface area contributed by atoms with E-state index in [2.05, 4.69) is 0 Å². The lowest BCUT2D eigenvalue weighted by molar-refractivity contribution is -0.161. The number of benzene rings is 1. The third kappa shape index (κ3) is 3.57. The van der Waals surface area contributed by atoms with Gasteiger partial charge in [-0.3, -0.25) is 9.59 Å². The van der Waals surface area contributed by atoms with Gasteiger partial charge in [0.1, 0.15) is 23.6 Å². The van der Waals surface area contributed by atoms with Crippen molar-refractivity contribution in [1.82, 2.24) is 0 Å². The van der Waals surface area contributed by atoms with Crippen molar-refractivity contribution in [2.24, 2.45) is 5.41 Å². The number of rotatable bonds is 6. The molecule has 0 aromatic heterocycles. The summed E-state index contributed by atoms with van der Waals surface area (Å²) in [6.45, 7) is 1.64. The van der Waals surface area contributed by atoms with Gasteiger partial charge in [0.25, 0.3) is 0 Å². The van der Waals surface area contributed by atoms with Crippen LogP contribution in [0.2, 0.25) is 0 Å². The van der Waals surface area contributed by atoms with Gasteiger partial charge in [0.05, 0.1) is 0 Å². The number of Topliss-reactive ketones (excluding diaryl/α,β-unsaturated/α-hetero) is 2. The van der Waals surface area contributed by atoms with Gasteiger partial charge in [0.2, 0.25) is 0 Å². The Balaban J connectivity index is 2.04. The molecule has 1 unspecified atom stereocenters. The van der Waals surface area contributed by atoms with Crippen molar-refractivity contribution in [1.29, 1.82) is 0 Å². The molecule has 0 N–H and O–H groups in total. The predicted octanol–water partition coefficient (Wildman–Crippen LogP) is 2.84. The summed E-state index contributed by atoms with van der Waals surface area (Å²) in [5.74, 6) is -0.568. The molecule has 1 aliphatic rings. The van der Waals surface area contributed by atoms with Gasteiger partial charge in [-0.15, -0.1) is 0 Å². The quantitative estimate of drug-likeness (QED) is 0.596. The molecular weight excluding hydrogens is 268 g/mol. The van der Waals surface area contributed by atoms with Crippen molar-refractivity contribution < 1.29 is 19.1 Å². The van der Waals surface area contributed by atoms with Crippen LogP contribution in [0.3, 0.4) is 0 Å². The van der Waals surface area contributed by atoms with Gasteiger partial charge in [-0.25, -0.2) is 0 Å². The van der Waals surface area contributed by atoms with Gasteiger partial charge in [-0.2, -0.15) is 0 Å². The van der Waals surface area contributed by atoms with E-state index in [1.807, 2.05) is 30.3 Å². The zero-order valence-corrected chi connectivity index (χ0v) is 12.3. The maximum Gasteiger partial charge on any atom is 0.319 e. The Kier molecular flexibility index (Phi) is 4.89. The van der Waals surface area contributed by atoms with Crippen molar-refractivity contribution in [3.8, 4) is 0 Å². The molecule has 1 atom stereocenters. The summed E-state index contributed by atoms with van der Waals surface area (Å²) in [4.78, 5) is 35.7. The van der Waals surface area contributed by atoms with E-state index in [4.69, 9.17) is 4.74 Å². The van der Waals surface area contributed by atoms with Crippen molar-refractivity contribution in [3.05, 3.63) is 35.9 Å². The fourth-order valence-corrected chi connectivity index (χ4v) is 2.76. The number of esters is 1. The largest absolute Gasteiger partial charge is 0.460 e. The minimum Gasteiger partial charge on any atom is -0.460 e. The van der Waals surface area contributed by atoms with Gasteiger partial charge >= 0.3 is 5.97 Å². The van der Waals surface area contributed by atoms with Crippen molar-refractivity contribution >= 4 is 17.5 Å². The lowest BCUT2D eigenvalue weighted by Crippen LogP contribution is -2.37. The molecular formula is C17H20O4. The second-order valence-corrected chi connectivity index (χ2v) is 5.62. The fourth-order valence-electron chi connectivity index (χ4n) is 2.76. The molecule has 21 heavy (non-hydrogen) atoms. The first-order valence-corrected chi connectivity index (χ1v) is 7.28. The average Bonchev–Trinajstić information content (AvgIpc) is 2.86. The Morgan fingerprint density at radius 3 is 2.52 bits per heavy atom. The van der Waals surface area contributed by atoms with E-state index in [1.54, 1.807) is 0 Å². The van der Waals surface area contributed by atoms with Gasteiger partial charge in [-0.05, 0) is 31.7 Å². The highest BCUT2D eigenvalue weighted by molar-refractivity contribution is 6.05. The van der Waals surface area contributed by atoms with E-state index < -0.39 is 11.4 Å². The first-order chi connectivity index (χ1) is 10.0. The molecule has 1 aliphatic carbocycles. The minimum atomic E-state index is -1.10. The normalized spacial score (nSPS) is 21.3. The lowest BCUT2D eigenvalue weighted by Gasteiger charge is -2.24. The molecule has 0 bridgehead atoms. The van der Waals surface area contributed by atoms with Gasteiger partial charge in [0.15, 0.2) is 0 Å². The number of ketones is 2. The van der Waals surface area contributed by atoms with E-state index in [1.165, 1.54) is 6.92 Å². The lowest BCUT2D eigenvalue weighted by atomic mass is 9.80. The molecule has 1 aromatic rings. The Hall–Kier alpha value is -1.97. The number of ether oxygens (including phenoxy) is 1. The first-order valence-electron chi connectivity index (χ1n) is 7.28. The molecule has 112 valence electrons. The molecule has 0 heterocycles. The van der Waals surface area contributed by atoms with Gasteiger partial charge in [-0.1, -0.05) is 30.3 Å². The molecule has 2 rings (SSSR count). The molecule has 4 heteroatoms. The van der Waals surface area contributed by atoms with Crippen molar-refractivity contribution in [2.75, 3.05) is 0 Å². The Labute approximate surface area is 124 Å². The summed E-state index contributed by atoms with van der Waals surface area (Å²) in [6, 6.07) is 9.36. The summed E-state index contributed by atoms with van der Waals surface area (Å²) >= 11 is 0. The van der Waals surface area contributed by atoms with Crippen LogP contribution in [-0.2, 0) is 25.7 Å². The monoisotopic (exact) mass is 288 g/mol. The maximum absolute atomic E-state index is 12.4. The van der Waals surface area contributed by atoms with Crippen LogP contribution >= 0.6 is 0 Å². The number of hydrogen-bond acceptors (Lipinski definition) is 4. The zero-order valence-electron chi connectivity index (χ0n) is 12.3. The highest BCUT2D eigenvalue weighted by atomic mass is 16.5. The second-order valence-electron chi connectivity index (χ2n) is 5.62. The predicted molar refractivity (Wildman–Crippen MR) is 77.4 cm³/mol. The number of hydrogen-bond donors (Lipinski definition) is 0. The van der Waals surface area contributed by atoms with Crippen LogP contribution in [0.5, 0.6) is 0 Å². The van der Waals surface area contributed by atoms with Crippen molar-refractivity contribution in [2.45, 2.75) is 45.6 Å². The van der Waals surface area contributed by atoms with Gasteiger partial charge < -0.3 is 9.53 Å². The Morgan fingerprint density at radius 1 is 1.24 bits per heavy atom. The highest BCUT2D eigenvalue weighted by Gasteiger charge is 2.49. The van der Waals surface area contributed by atoms with E-state index in [-0.39, 0.29) is 31.0 Å². The molecule has 0 saturated heterocycles. The van der Waals surface area contributed by atoms with Gasteiger partial charge in [0, 0.05) is 12.8 Å². The smallest absolute Gasteiger partial charge is 0.319 e.